The van der Waals surface area contributed by atoms with E-state index in [-0.39, 0.29) is 6.10 Å². The molecule has 1 saturated carbocycles. The molecule has 4 heteroatoms. The molecule has 2 aromatic rings. The summed E-state index contributed by atoms with van der Waals surface area (Å²) in [7, 11) is 0. The van der Waals surface area contributed by atoms with Crippen LogP contribution in [0.3, 0.4) is 0 Å². The Hall–Kier alpha value is -0.680. The SMILES string of the molecule is OC1CCC(CNCc2cc(-c3cccs3)cs2)C1. The van der Waals surface area contributed by atoms with Crippen molar-refractivity contribution in [2.75, 3.05) is 6.54 Å². The minimum absolute atomic E-state index is 0.0565. The standard InChI is InChI=1S/C15H19NOS2/c17-13-4-3-11(6-13)8-16-9-14-7-12(10-19-14)15-2-1-5-18-15/h1-2,5,7,10-11,13,16-17H,3-4,6,8-9H2. The number of aliphatic hydroxyl groups excluding tert-OH is 1. The molecular weight excluding hydrogens is 274 g/mol. The fourth-order valence-corrected chi connectivity index (χ4v) is 4.32. The molecule has 0 aromatic carbocycles. The summed E-state index contributed by atoms with van der Waals surface area (Å²) in [5, 5.41) is 17.4. The van der Waals surface area contributed by atoms with Crippen LogP contribution < -0.4 is 5.32 Å². The van der Waals surface area contributed by atoms with E-state index in [4.69, 9.17) is 0 Å². The fraction of sp³-hybridized carbons (Fsp3) is 0.467. The van der Waals surface area contributed by atoms with E-state index >= 15 is 0 Å². The zero-order valence-corrected chi connectivity index (χ0v) is 12.5. The van der Waals surface area contributed by atoms with Crippen LogP contribution in [-0.2, 0) is 6.54 Å². The fourth-order valence-electron chi connectivity index (χ4n) is 2.68. The highest BCUT2D eigenvalue weighted by Crippen LogP contribution is 2.29. The van der Waals surface area contributed by atoms with E-state index in [1.165, 1.54) is 21.7 Å². The van der Waals surface area contributed by atoms with E-state index in [1.54, 1.807) is 11.3 Å². The topological polar surface area (TPSA) is 32.3 Å². The van der Waals surface area contributed by atoms with E-state index in [0.717, 1.165) is 25.9 Å². The van der Waals surface area contributed by atoms with Crippen LogP contribution in [0.1, 0.15) is 24.1 Å². The molecule has 0 bridgehead atoms. The molecule has 0 amide bonds. The lowest BCUT2D eigenvalue weighted by molar-refractivity contribution is 0.177. The molecule has 1 aliphatic rings. The lowest BCUT2D eigenvalue weighted by Gasteiger charge is -2.09. The third-order valence-corrected chi connectivity index (χ3v) is 5.56. The molecule has 3 rings (SSSR count). The summed E-state index contributed by atoms with van der Waals surface area (Å²) in [4.78, 5) is 2.74. The molecule has 0 saturated heterocycles. The highest BCUT2D eigenvalue weighted by atomic mass is 32.1. The molecule has 1 aliphatic carbocycles. The molecule has 0 aliphatic heterocycles. The summed E-state index contributed by atoms with van der Waals surface area (Å²) < 4.78 is 0. The Morgan fingerprint density at radius 1 is 1.32 bits per heavy atom. The Morgan fingerprint density at radius 3 is 3.00 bits per heavy atom. The van der Waals surface area contributed by atoms with Gasteiger partial charge in [0.25, 0.3) is 0 Å². The van der Waals surface area contributed by atoms with Gasteiger partial charge < -0.3 is 10.4 Å². The van der Waals surface area contributed by atoms with Gasteiger partial charge in [0.2, 0.25) is 0 Å². The quantitative estimate of drug-likeness (QED) is 0.880. The molecule has 19 heavy (non-hydrogen) atoms. The number of hydrogen-bond acceptors (Lipinski definition) is 4. The minimum atomic E-state index is -0.0565. The van der Waals surface area contributed by atoms with Crippen LogP contribution in [-0.4, -0.2) is 17.8 Å². The molecular formula is C15H19NOS2. The van der Waals surface area contributed by atoms with Crippen LogP contribution in [0.15, 0.2) is 29.0 Å². The van der Waals surface area contributed by atoms with Gasteiger partial charge in [0.1, 0.15) is 0 Å². The summed E-state index contributed by atoms with van der Waals surface area (Å²) in [6.45, 7) is 1.98. The summed E-state index contributed by atoms with van der Waals surface area (Å²) in [5.41, 5.74) is 1.34. The van der Waals surface area contributed by atoms with E-state index in [2.05, 4.69) is 34.3 Å². The second kappa shape index (κ2) is 6.18. The van der Waals surface area contributed by atoms with Crippen LogP contribution in [0.25, 0.3) is 10.4 Å². The maximum absolute atomic E-state index is 9.50. The summed E-state index contributed by atoms with van der Waals surface area (Å²) >= 11 is 3.62. The molecule has 2 atom stereocenters. The van der Waals surface area contributed by atoms with E-state index in [1.807, 2.05) is 11.3 Å². The first-order valence-electron chi connectivity index (χ1n) is 6.81. The zero-order valence-electron chi connectivity index (χ0n) is 10.8. The van der Waals surface area contributed by atoms with Gasteiger partial charge in [0, 0.05) is 21.9 Å². The number of rotatable bonds is 5. The molecule has 2 aromatic heterocycles. The van der Waals surface area contributed by atoms with E-state index in [9.17, 15) is 5.11 Å². The van der Waals surface area contributed by atoms with Gasteiger partial charge in [-0.3, -0.25) is 0 Å². The Morgan fingerprint density at radius 2 is 2.26 bits per heavy atom. The number of hydrogen-bond donors (Lipinski definition) is 2. The Balaban J connectivity index is 1.48. The highest BCUT2D eigenvalue weighted by Gasteiger charge is 2.22. The maximum atomic E-state index is 9.50. The highest BCUT2D eigenvalue weighted by molar-refractivity contribution is 7.14. The number of thiophene rings is 2. The van der Waals surface area contributed by atoms with Gasteiger partial charge in [-0.15, -0.1) is 22.7 Å². The molecule has 2 nitrogen and oxygen atoms in total. The molecule has 2 unspecified atom stereocenters. The molecule has 0 spiro atoms. The van der Waals surface area contributed by atoms with Crippen molar-refractivity contribution < 1.29 is 5.11 Å². The average molecular weight is 293 g/mol. The summed E-state index contributed by atoms with van der Waals surface area (Å²) in [6.07, 6.45) is 3.06. The number of aliphatic hydroxyl groups is 1. The van der Waals surface area contributed by atoms with Crippen molar-refractivity contribution in [2.24, 2.45) is 5.92 Å². The maximum Gasteiger partial charge on any atom is 0.0543 e. The van der Waals surface area contributed by atoms with Gasteiger partial charge in [0.05, 0.1) is 6.10 Å². The van der Waals surface area contributed by atoms with Crippen LogP contribution >= 0.6 is 22.7 Å². The van der Waals surface area contributed by atoms with E-state index in [0.29, 0.717) is 5.92 Å². The van der Waals surface area contributed by atoms with Crippen molar-refractivity contribution in [3.05, 3.63) is 33.8 Å². The zero-order chi connectivity index (χ0) is 13.1. The van der Waals surface area contributed by atoms with Crippen molar-refractivity contribution in [2.45, 2.75) is 31.9 Å². The van der Waals surface area contributed by atoms with Crippen LogP contribution in [0, 0.1) is 5.92 Å². The van der Waals surface area contributed by atoms with Crippen LogP contribution in [0.5, 0.6) is 0 Å². The largest absolute Gasteiger partial charge is 0.393 e. The van der Waals surface area contributed by atoms with Crippen LogP contribution in [0.4, 0.5) is 0 Å². The lowest BCUT2D eigenvalue weighted by atomic mass is 10.1. The molecule has 2 N–H and O–H groups in total. The second-order valence-corrected chi connectivity index (χ2v) is 7.19. The second-order valence-electron chi connectivity index (χ2n) is 5.24. The third-order valence-electron chi connectivity index (χ3n) is 3.71. The normalized spacial score (nSPS) is 23.0. The van der Waals surface area contributed by atoms with Crippen molar-refractivity contribution >= 4 is 22.7 Å². The Bertz CT molecular complexity index is 506. The minimum Gasteiger partial charge on any atom is -0.393 e. The summed E-state index contributed by atoms with van der Waals surface area (Å²) in [6, 6.07) is 6.55. The predicted molar refractivity (Wildman–Crippen MR) is 82.7 cm³/mol. The van der Waals surface area contributed by atoms with E-state index < -0.39 is 0 Å². The Kier molecular flexibility index (Phi) is 4.33. The van der Waals surface area contributed by atoms with Gasteiger partial charge in [-0.25, -0.2) is 0 Å². The summed E-state index contributed by atoms with van der Waals surface area (Å²) in [5.74, 6) is 0.659. The molecule has 102 valence electrons. The molecule has 1 fully saturated rings. The monoisotopic (exact) mass is 293 g/mol. The van der Waals surface area contributed by atoms with Crippen molar-refractivity contribution in [1.29, 1.82) is 0 Å². The van der Waals surface area contributed by atoms with Gasteiger partial charge in [-0.05, 0) is 54.6 Å². The van der Waals surface area contributed by atoms with Crippen molar-refractivity contribution in [1.82, 2.24) is 5.32 Å². The number of nitrogens with one attached hydrogen (secondary N) is 1. The smallest absolute Gasteiger partial charge is 0.0543 e. The van der Waals surface area contributed by atoms with Gasteiger partial charge in [-0.2, -0.15) is 0 Å². The van der Waals surface area contributed by atoms with Crippen molar-refractivity contribution in [3.8, 4) is 10.4 Å². The molecule has 2 heterocycles. The first-order valence-corrected chi connectivity index (χ1v) is 8.57. The van der Waals surface area contributed by atoms with Crippen LogP contribution in [0.2, 0.25) is 0 Å². The third kappa shape index (κ3) is 3.45. The first kappa shape index (κ1) is 13.3. The van der Waals surface area contributed by atoms with Gasteiger partial charge in [0.15, 0.2) is 0 Å². The lowest BCUT2D eigenvalue weighted by Crippen LogP contribution is -2.20. The first-order chi connectivity index (χ1) is 9.31. The Labute approximate surface area is 122 Å². The average Bonchev–Trinajstić information content (AvgIpc) is 3.09. The predicted octanol–water partition coefficient (Wildman–Crippen LogP) is 3.73. The van der Waals surface area contributed by atoms with Gasteiger partial charge in [-0.1, -0.05) is 6.07 Å². The van der Waals surface area contributed by atoms with Gasteiger partial charge >= 0.3 is 0 Å². The molecule has 0 radical (unpaired) electrons. The van der Waals surface area contributed by atoms with Crippen molar-refractivity contribution in [3.63, 3.8) is 0 Å².